The summed E-state index contributed by atoms with van der Waals surface area (Å²) in [6.45, 7) is 10.4. The molecule has 0 saturated heterocycles. The Labute approximate surface area is 186 Å². The Balaban J connectivity index is 3.68. The molecule has 0 spiro atoms. The minimum Gasteiger partial charge on any atom is -0.463 e. The molecule has 0 aromatic rings. The van der Waals surface area contributed by atoms with Crippen molar-refractivity contribution in [2.24, 2.45) is 0 Å². The van der Waals surface area contributed by atoms with Gasteiger partial charge < -0.3 is 24.3 Å². The molecule has 0 aromatic heterocycles. The van der Waals surface area contributed by atoms with Crippen LogP contribution in [0, 0.1) is 12.3 Å². The molecule has 0 bridgehead atoms. The molecular weight excluding hydrogens is 404 g/mol. The molecule has 4 N–H and O–H groups in total. The zero-order chi connectivity index (χ0) is 23.2. The average molecular weight is 445 g/mol. The molecule has 0 aromatic carbocycles. The smallest absolute Gasteiger partial charge is 0.306 e. The van der Waals surface area contributed by atoms with Crippen molar-refractivity contribution in [1.29, 1.82) is 0 Å². The number of amides is 1. The summed E-state index contributed by atoms with van der Waals surface area (Å²) in [6.07, 6.45) is 5.92. The number of carbonyl (C=O) groups is 2. The predicted octanol–water partition coefficient (Wildman–Crippen LogP) is -0.0611. The molecule has 0 fully saturated rings. The molecule has 0 unspecified atom stereocenters. The molecule has 0 heterocycles. The molecule has 180 valence electrons. The molecule has 0 aliphatic heterocycles. The zero-order valence-electron chi connectivity index (χ0n) is 19.2. The number of carbonyl (C=O) groups excluding carboxylic acids is 2. The number of esters is 1. The standard InChI is InChI=1S/C21H40N4O6/c1-5-9-10-20(27)31-18-17-30-16-15-29-14-13-28-12-11-19(26)25-21(22-6-2,23-7-3)24-8-4/h1,22-24H,6-18H2,2-4H3,(H,25,26). The van der Waals surface area contributed by atoms with Crippen LogP contribution in [0.3, 0.4) is 0 Å². The lowest BCUT2D eigenvalue weighted by molar-refractivity contribution is -0.145. The van der Waals surface area contributed by atoms with E-state index in [1.807, 2.05) is 20.8 Å². The monoisotopic (exact) mass is 444 g/mol. The summed E-state index contributed by atoms with van der Waals surface area (Å²) >= 11 is 0. The quantitative estimate of drug-likeness (QED) is 0.0835. The van der Waals surface area contributed by atoms with Crippen molar-refractivity contribution in [2.45, 2.75) is 45.9 Å². The Kier molecular flexibility index (Phi) is 19.0. The summed E-state index contributed by atoms with van der Waals surface area (Å²) in [4.78, 5) is 23.5. The zero-order valence-corrected chi connectivity index (χ0v) is 19.2. The third-order valence-corrected chi connectivity index (χ3v) is 3.83. The van der Waals surface area contributed by atoms with E-state index in [-0.39, 0.29) is 31.3 Å². The number of rotatable bonds is 21. The SMILES string of the molecule is C#CCCC(=O)OCCOCCOCCOCCC(=O)NC(NCC)(NCC)NCC. The maximum atomic E-state index is 12.2. The van der Waals surface area contributed by atoms with E-state index in [0.717, 1.165) is 0 Å². The van der Waals surface area contributed by atoms with Crippen LogP contribution in [0.5, 0.6) is 0 Å². The summed E-state index contributed by atoms with van der Waals surface area (Å²) in [6, 6.07) is 0. The highest BCUT2D eigenvalue weighted by molar-refractivity contribution is 5.76. The van der Waals surface area contributed by atoms with Gasteiger partial charge in [0.1, 0.15) is 6.61 Å². The van der Waals surface area contributed by atoms with Gasteiger partial charge in [-0.05, 0) is 19.6 Å². The summed E-state index contributed by atoms with van der Waals surface area (Å²) in [5, 5.41) is 12.6. The Morgan fingerprint density at radius 3 is 1.74 bits per heavy atom. The van der Waals surface area contributed by atoms with Crippen molar-refractivity contribution in [3.63, 3.8) is 0 Å². The van der Waals surface area contributed by atoms with E-state index in [0.29, 0.717) is 65.7 Å². The van der Waals surface area contributed by atoms with Crippen LogP contribution in [-0.2, 0) is 28.5 Å². The fourth-order valence-corrected chi connectivity index (χ4v) is 2.55. The molecule has 10 nitrogen and oxygen atoms in total. The maximum Gasteiger partial charge on any atom is 0.306 e. The molecule has 0 atom stereocenters. The van der Waals surface area contributed by atoms with Gasteiger partial charge in [0, 0.05) is 6.42 Å². The molecular formula is C21H40N4O6. The second kappa shape index (κ2) is 20.2. The highest BCUT2D eigenvalue weighted by Crippen LogP contribution is 1.94. The lowest BCUT2D eigenvalue weighted by Crippen LogP contribution is -2.75. The molecule has 0 saturated carbocycles. The van der Waals surface area contributed by atoms with Crippen LogP contribution in [0.4, 0.5) is 0 Å². The van der Waals surface area contributed by atoms with Gasteiger partial charge in [0.15, 0.2) is 0 Å². The van der Waals surface area contributed by atoms with Crippen LogP contribution in [0.25, 0.3) is 0 Å². The second-order valence-electron chi connectivity index (χ2n) is 6.40. The van der Waals surface area contributed by atoms with Crippen molar-refractivity contribution in [1.82, 2.24) is 21.3 Å². The third-order valence-electron chi connectivity index (χ3n) is 3.83. The second-order valence-corrected chi connectivity index (χ2v) is 6.40. The summed E-state index contributed by atoms with van der Waals surface area (Å²) in [7, 11) is 0. The van der Waals surface area contributed by atoms with Gasteiger partial charge in [-0.15, -0.1) is 12.3 Å². The van der Waals surface area contributed by atoms with Crippen LogP contribution in [0.15, 0.2) is 0 Å². The van der Waals surface area contributed by atoms with E-state index in [1.165, 1.54) is 0 Å². The number of ether oxygens (including phenoxy) is 4. The van der Waals surface area contributed by atoms with E-state index in [9.17, 15) is 9.59 Å². The van der Waals surface area contributed by atoms with E-state index in [2.05, 4.69) is 27.2 Å². The number of hydrogen-bond acceptors (Lipinski definition) is 9. The Morgan fingerprint density at radius 1 is 0.774 bits per heavy atom. The lowest BCUT2D eigenvalue weighted by atomic mass is 10.3. The summed E-state index contributed by atoms with van der Waals surface area (Å²) in [5.41, 5.74) is 0. The number of nitrogens with one attached hydrogen (secondary N) is 4. The van der Waals surface area contributed by atoms with Gasteiger partial charge in [0.2, 0.25) is 11.8 Å². The first kappa shape index (κ1) is 29.3. The maximum absolute atomic E-state index is 12.2. The van der Waals surface area contributed by atoms with Gasteiger partial charge >= 0.3 is 5.97 Å². The normalized spacial score (nSPS) is 11.2. The van der Waals surface area contributed by atoms with Crippen molar-refractivity contribution < 1.29 is 28.5 Å². The highest BCUT2D eigenvalue weighted by atomic mass is 16.6. The average Bonchev–Trinajstić information content (AvgIpc) is 2.73. The van der Waals surface area contributed by atoms with Gasteiger partial charge in [0.05, 0.1) is 52.5 Å². The van der Waals surface area contributed by atoms with Crippen molar-refractivity contribution in [3.05, 3.63) is 0 Å². The summed E-state index contributed by atoms with van der Waals surface area (Å²) in [5.74, 6) is 1.11. The van der Waals surface area contributed by atoms with Crippen molar-refractivity contribution in [3.8, 4) is 12.3 Å². The fourth-order valence-electron chi connectivity index (χ4n) is 2.55. The van der Waals surface area contributed by atoms with E-state index < -0.39 is 5.91 Å². The van der Waals surface area contributed by atoms with Crippen LogP contribution in [-0.4, -0.2) is 83.7 Å². The van der Waals surface area contributed by atoms with Gasteiger partial charge in [0.25, 0.3) is 0 Å². The van der Waals surface area contributed by atoms with E-state index in [1.54, 1.807) is 0 Å². The topological polar surface area (TPSA) is 119 Å². The van der Waals surface area contributed by atoms with Crippen molar-refractivity contribution >= 4 is 11.9 Å². The molecule has 31 heavy (non-hydrogen) atoms. The number of hydrogen-bond donors (Lipinski definition) is 4. The van der Waals surface area contributed by atoms with Crippen molar-refractivity contribution in [2.75, 3.05) is 65.9 Å². The molecule has 0 rings (SSSR count). The molecule has 0 aliphatic carbocycles. The van der Waals surface area contributed by atoms with Gasteiger partial charge in [-0.1, -0.05) is 20.8 Å². The van der Waals surface area contributed by atoms with Crippen LogP contribution >= 0.6 is 0 Å². The largest absolute Gasteiger partial charge is 0.463 e. The third kappa shape index (κ3) is 16.6. The van der Waals surface area contributed by atoms with Crippen LogP contribution in [0.2, 0.25) is 0 Å². The first-order valence-corrected chi connectivity index (χ1v) is 10.9. The number of terminal acetylenes is 1. The first-order chi connectivity index (χ1) is 15.0. The summed E-state index contributed by atoms with van der Waals surface area (Å²) < 4.78 is 21.1. The molecule has 0 aliphatic rings. The Hall–Kier alpha value is -1.74. The minimum absolute atomic E-state index is 0.128. The van der Waals surface area contributed by atoms with E-state index in [4.69, 9.17) is 25.4 Å². The minimum atomic E-state index is -0.821. The molecule has 0 radical (unpaired) electrons. The first-order valence-electron chi connectivity index (χ1n) is 10.9. The fraction of sp³-hybridized carbons (Fsp3) is 0.810. The van der Waals surface area contributed by atoms with Gasteiger partial charge in [-0.2, -0.15) is 0 Å². The highest BCUT2D eigenvalue weighted by Gasteiger charge is 2.28. The lowest BCUT2D eigenvalue weighted by Gasteiger charge is -2.36. The molecule has 1 amide bonds. The van der Waals surface area contributed by atoms with Gasteiger partial charge in [-0.3, -0.25) is 25.5 Å². The Morgan fingerprint density at radius 2 is 1.26 bits per heavy atom. The van der Waals surface area contributed by atoms with Crippen LogP contribution in [0.1, 0.15) is 40.0 Å². The molecule has 10 heteroatoms. The predicted molar refractivity (Wildman–Crippen MR) is 118 cm³/mol. The van der Waals surface area contributed by atoms with Crippen LogP contribution < -0.4 is 21.3 Å². The van der Waals surface area contributed by atoms with Gasteiger partial charge in [-0.25, -0.2) is 0 Å². The Bertz CT molecular complexity index is 496. The van der Waals surface area contributed by atoms with E-state index >= 15 is 0 Å².